The summed E-state index contributed by atoms with van der Waals surface area (Å²) in [7, 11) is 2.44. The molecule has 0 saturated heterocycles. The molecular formula is C29H30F3N7O7. The second-order valence-corrected chi connectivity index (χ2v) is 9.45. The van der Waals surface area contributed by atoms with E-state index in [2.05, 4.69) is 25.9 Å². The normalized spacial score (nSPS) is 12.1. The number of nitrogens with zero attached hydrogens (tertiary/aromatic N) is 2. The van der Waals surface area contributed by atoms with Crippen molar-refractivity contribution >= 4 is 35.2 Å². The highest BCUT2D eigenvalue weighted by Gasteiger charge is 2.44. The molecule has 0 saturated carbocycles. The summed E-state index contributed by atoms with van der Waals surface area (Å²) in [6.07, 6.45) is -6.33. The number of benzene rings is 2. The third-order valence-corrected chi connectivity index (χ3v) is 5.89. The van der Waals surface area contributed by atoms with E-state index >= 15 is 0 Å². The molecule has 0 fully saturated rings. The van der Waals surface area contributed by atoms with Gasteiger partial charge in [-0.1, -0.05) is 12.1 Å². The fourth-order valence-electron chi connectivity index (χ4n) is 3.65. The largest absolute Gasteiger partial charge is 0.491 e. The number of anilines is 1. The van der Waals surface area contributed by atoms with Crippen LogP contribution in [0.15, 0.2) is 66.9 Å². The molecule has 17 heteroatoms. The van der Waals surface area contributed by atoms with E-state index in [1.807, 2.05) is 0 Å². The maximum atomic E-state index is 13.4. The summed E-state index contributed by atoms with van der Waals surface area (Å²) in [5.41, 5.74) is 11.1. The van der Waals surface area contributed by atoms with Crippen LogP contribution in [0.25, 0.3) is 0 Å². The maximum Gasteiger partial charge on any atom is 0.491 e. The van der Waals surface area contributed by atoms with Crippen molar-refractivity contribution < 1.29 is 46.6 Å². The van der Waals surface area contributed by atoms with Gasteiger partial charge in [0.25, 0.3) is 11.8 Å². The monoisotopic (exact) mass is 645 g/mol. The Hall–Kier alpha value is -5.87. The summed E-state index contributed by atoms with van der Waals surface area (Å²) in [4.78, 5) is 54.7. The molecule has 46 heavy (non-hydrogen) atoms. The van der Waals surface area contributed by atoms with Crippen LogP contribution in [0.3, 0.4) is 0 Å². The van der Waals surface area contributed by atoms with E-state index in [1.54, 1.807) is 31.2 Å². The summed E-state index contributed by atoms with van der Waals surface area (Å²) < 4.78 is 54.0. The molecule has 0 bridgehead atoms. The summed E-state index contributed by atoms with van der Waals surface area (Å²) in [5.74, 6) is -5.81. The highest BCUT2D eigenvalue weighted by atomic mass is 19.4. The quantitative estimate of drug-likeness (QED) is 0.0640. The predicted molar refractivity (Wildman–Crippen MR) is 157 cm³/mol. The second kappa shape index (κ2) is 15.2. The van der Waals surface area contributed by atoms with Crippen LogP contribution in [-0.2, 0) is 19.1 Å². The summed E-state index contributed by atoms with van der Waals surface area (Å²) >= 11 is 0. The third kappa shape index (κ3) is 9.31. The predicted octanol–water partition coefficient (Wildman–Crippen LogP) is 2.28. The van der Waals surface area contributed by atoms with Crippen LogP contribution < -0.4 is 31.4 Å². The van der Waals surface area contributed by atoms with Gasteiger partial charge in [0.05, 0.1) is 6.61 Å². The van der Waals surface area contributed by atoms with Crippen LogP contribution in [0.5, 0.6) is 11.5 Å². The first-order chi connectivity index (χ1) is 21.7. The molecular weight excluding hydrogens is 615 g/mol. The highest BCUT2D eigenvalue weighted by Crippen LogP contribution is 2.33. The fourth-order valence-corrected chi connectivity index (χ4v) is 3.65. The van der Waals surface area contributed by atoms with E-state index in [0.717, 1.165) is 4.90 Å². The molecule has 0 aliphatic carbocycles. The number of carbonyl (C=O) groups is 4. The Balaban J connectivity index is 1.96. The van der Waals surface area contributed by atoms with E-state index in [9.17, 15) is 32.3 Å². The number of rotatable bonds is 12. The van der Waals surface area contributed by atoms with Crippen LogP contribution in [0.4, 0.5) is 18.9 Å². The molecule has 0 spiro atoms. The van der Waals surface area contributed by atoms with Crippen LogP contribution in [0.2, 0.25) is 0 Å². The van der Waals surface area contributed by atoms with Crippen LogP contribution >= 0.6 is 0 Å². The number of alkyl halides is 3. The van der Waals surface area contributed by atoms with Gasteiger partial charge in [0.2, 0.25) is 0 Å². The Morgan fingerprint density at radius 3 is 2.26 bits per heavy atom. The number of esters is 1. The lowest BCUT2D eigenvalue weighted by Crippen LogP contribution is -2.45. The number of pyridine rings is 1. The molecule has 0 aliphatic heterocycles. The lowest BCUT2D eigenvalue weighted by molar-refractivity contribution is -0.217. The zero-order valence-corrected chi connectivity index (χ0v) is 24.7. The average molecular weight is 646 g/mol. The summed E-state index contributed by atoms with van der Waals surface area (Å²) in [6, 6.07) is 13.4. The smallest absolute Gasteiger partial charge is 0.490 e. The van der Waals surface area contributed by atoms with Crippen molar-refractivity contribution in [2.45, 2.75) is 25.4 Å². The molecule has 0 aliphatic rings. The van der Waals surface area contributed by atoms with Crippen molar-refractivity contribution in [2.24, 2.45) is 5.73 Å². The van der Waals surface area contributed by atoms with E-state index in [-0.39, 0.29) is 35.2 Å². The van der Waals surface area contributed by atoms with Crippen molar-refractivity contribution in [1.29, 1.82) is 5.41 Å². The van der Waals surface area contributed by atoms with E-state index in [0.29, 0.717) is 11.3 Å². The van der Waals surface area contributed by atoms with Gasteiger partial charge in [-0.25, -0.2) is 4.79 Å². The van der Waals surface area contributed by atoms with Crippen molar-refractivity contribution in [1.82, 2.24) is 20.7 Å². The van der Waals surface area contributed by atoms with Crippen LogP contribution in [0.1, 0.15) is 34.6 Å². The topological polar surface area (TPSA) is 198 Å². The molecule has 2 aromatic carbocycles. The SMILES string of the molecule is CCOc1cc(C(Nc2ccc(C(=N)N)cc2)C(=O)NNC(=O)c2ccccn2)ccc1OC(OC(=O)C(F)(F)F)C(=O)N(C)C. The number of hydrazine groups is 1. The molecule has 3 amide bonds. The number of carbonyl (C=O) groups excluding carboxylic acids is 4. The van der Waals surface area contributed by atoms with E-state index < -0.39 is 42.2 Å². The van der Waals surface area contributed by atoms with E-state index in [1.165, 1.54) is 56.7 Å². The zero-order chi connectivity index (χ0) is 34.0. The molecule has 0 radical (unpaired) electrons. The molecule has 3 aromatic rings. The molecule has 244 valence electrons. The fraction of sp³-hybridized carbons (Fsp3) is 0.241. The number of nitrogens with one attached hydrogen (secondary N) is 4. The summed E-state index contributed by atoms with van der Waals surface area (Å²) in [5, 5.41) is 10.6. The third-order valence-electron chi connectivity index (χ3n) is 5.89. The Morgan fingerprint density at radius 1 is 1.00 bits per heavy atom. The first-order valence-corrected chi connectivity index (χ1v) is 13.4. The Kier molecular flexibility index (Phi) is 11.5. The standard InChI is InChI=1S/C29H30F3N7O7/c1-4-44-21-15-17(10-13-20(21)45-27(26(42)39(2)3)46-28(43)29(30,31)32)22(36-18-11-8-16(9-12-18)23(33)34)25(41)38-37-24(40)19-7-5-6-14-35-19/h5-15,22,27,36H,4H2,1-3H3,(H3,33,34)(H,37,40)(H,38,41). The van der Waals surface area contributed by atoms with Gasteiger partial charge in [-0.3, -0.25) is 35.6 Å². The molecule has 3 rings (SSSR count). The Bertz CT molecular complexity index is 1570. The minimum atomic E-state index is -5.40. The molecule has 6 N–H and O–H groups in total. The number of hydrogen-bond donors (Lipinski definition) is 5. The minimum absolute atomic E-state index is 0.0192. The number of nitrogen functional groups attached to an aromatic ring is 1. The number of nitrogens with two attached hydrogens (primary N) is 1. The first kappa shape index (κ1) is 34.6. The van der Waals surface area contributed by atoms with Gasteiger partial charge in [-0.05, 0) is 61.0 Å². The van der Waals surface area contributed by atoms with Crippen molar-refractivity contribution in [3.05, 3.63) is 83.7 Å². The number of hydrogen-bond acceptors (Lipinski definition) is 10. The number of halogens is 3. The van der Waals surface area contributed by atoms with Gasteiger partial charge in [0.15, 0.2) is 11.5 Å². The number of amidine groups is 1. The highest BCUT2D eigenvalue weighted by molar-refractivity contribution is 5.96. The number of aromatic nitrogens is 1. The van der Waals surface area contributed by atoms with Crippen molar-refractivity contribution in [3.63, 3.8) is 0 Å². The number of likely N-dealkylation sites (N-methyl/N-ethyl adjacent to an activating group) is 1. The molecule has 2 unspecified atom stereocenters. The maximum absolute atomic E-state index is 13.4. The summed E-state index contributed by atoms with van der Waals surface area (Å²) in [6.45, 7) is 1.61. The van der Waals surface area contributed by atoms with Crippen LogP contribution in [-0.4, -0.2) is 72.6 Å². The lowest BCUT2D eigenvalue weighted by Gasteiger charge is -2.24. The Labute approximate surface area is 260 Å². The Morgan fingerprint density at radius 2 is 1.70 bits per heavy atom. The van der Waals surface area contributed by atoms with E-state index in [4.69, 9.17) is 20.6 Å². The molecule has 14 nitrogen and oxygen atoms in total. The first-order valence-electron chi connectivity index (χ1n) is 13.4. The molecule has 1 heterocycles. The number of ether oxygens (including phenoxy) is 3. The van der Waals surface area contributed by atoms with Gasteiger partial charge < -0.3 is 30.2 Å². The van der Waals surface area contributed by atoms with Gasteiger partial charge in [-0.2, -0.15) is 13.2 Å². The number of amides is 3. The van der Waals surface area contributed by atoms with Crippen molar-refractivity contribution in [2.75, 3.05) is 26.0 Å². The van der Waals surface area contributed by atoms with Crippen molar-refractivity contribution in [3.8, 4) is 11.5 Å². The zero-order valence-electron chi connectivity index (χ0n) is 24.7. The molecule has 1 aromatic heterocycles. The lowest BCUT2D eigenvalue weighted by atomic mass is 10.0. The van der Waals surface area contributed by atoms with Gasteiger partial charge >= 0.3 is 24.3 Å². The average Bonchev–Trinajstić information content (AvgIpc) is 3.02. The van der Waals surface area contributed by atoms with Crippen LogP contribution in [0, 0.1) is 5.41 Å². The molecule has 2 atom stereocenters. The van der Waals surface area contributed by atoms with Gasteiger partial charge in [0.1, 0.15) is 17.6 Å². The minimum Gasteiger partial charge on any atom is -0.490 e. The van der Waals surface area contributed by atoms with Gasteiger partial charge in [0, 0.05) is 31.5 Å². The second-order valence-electron chi connectivity index (χ2n) is 9.45. The van der Waals surface area contributed by atoms with Gasteiger partial charge in [-0.15, -0.1) is 0 Å².